The molecule has 1 amide bonds. The summed E-state index contributed by atoms with van der Waals surface area (Å²) < 4.78 is 24.4. The Morgan fingerprint density at radius 3 is 2.69 bits per heavy atom. The highest BCUT2D eigenvalue weighted by molar-refractivity contribution is 7.90. The van der Waals surface area contributed by atoms with E-state index in [1.54, 1.807) is 0 Å². The Bertz CT molecular complexity index is 553. The Hall–Kier alpha value is -1.60. The van der Waals surface area contributed by atoms with Crippen LogP contribution in [0.3, 0.4) is 0 Å². The van der Waals surface area contributed by atoms with E-state index in [1.165, 1.54) is 18.2 Å². The predicted octanol–water partition coefficient (Wildman–Crippen LogP) is -0.594. The number of carbonyl (C=O) groups excluding carboxylic acids is 1. The van der Waals surface area contributed by atoms with Gasteiger partial charge < -0.3 is 10.8 Å². The summed E-state index contributed by atoms with van der Waals surface area (Å²) in [7, 11) is -3.84. The number of nitrogen functional groups attached to an aromatic ring is 1. The van der Waals surface area contributed by atoms with Crippen LogP contribution in [-0.2, 0) is 10.0 Å². The molecule has 0 unspecified atom stereocenters. The molecule has 0 fully saturated rings. The van der Waals surface area contributed by atoms with Crippen LogP contribution < -0.4 is 5.73 Å². The summed E-state index contributed by atoms with van der Waals surface area (Å²) in [6, 6.07) is 4.09. The summed E-state index contributed by atoms with van der Waals surface area (Å²) in [6.45, 7) is -0.649. The molecule has 3 N–H and O–H groups in total. The monoisotopic (exact) mass is 242 g/mol. The molecule has 0 aliphatic carbocycles. The van der Waals surface area contributed by atoms with Crippen LogP contribution in [0.1, 0.15) is 10.4 Å². The van der Waals surface area contributed by atoms with Gasteiger partial charge in [-0.2, -0.15) is 0 Å². The van der Waals surface area contributed by atoms with Gasteiger partial charge in [0.05, 0.1) is 18.7 Å². The van der Waals surface area contributed by atoms with E-state index >= 15 is 0 Å². The number of nitrogens with zero attached hydrogens (tertiary/aromatic N) is 1. The van der Waals surface area contributed by atoms with E-state index in [1.807, 2.05) is 0 Å². The lowest BCUT2D eigenvalue weighted by atomic mass is 10.2. The fourth-order valence-corrected chi connectivity index (χ4v) is 3.20. The highest BCUT2D eigenvalue weighted by atomic mass is 32.2. The molecule has 0 saturated heterocycles. The topological polar surface area (TPSA) is 101 Å². The van der Waals surface area contributed by atoms with E-state index in [9.17, 15) is 13.2 Å². The summed E-state index contributed by atoms with van der Waals surface area (Å²) >= 11 is 0. The maximum absolute atomic E-state index is 11.9. The molecular weight excluding hydrogens is 232 g/mol. The molecule has 0 radical (unpaired) electrons. The first-order chi connectivity index (χ1) is 7.48. The number of sulfonamides is 1. The molecule has 7 heteroatoms. The molecule has 0 saturated carbocycles. The van der Waals surface area contributed by atoms with Gasteiger partial charge in [0, 0.05) is 5.69 Å². The minimum atomic E-state index is -3.84. The van der Waals surface area contributed by atoms with Crippen molar-refractivity contribution in [2.75, 3.05) is 18.9 Å². The van der Waals surface area contributed by atoms with Crippen molar-refractivity contribution in [1.29, 1.82) is 0 Å². The van der Waals surface area contributed by atoms with Crippen LogP contribution in [0.4, 0.5) is 5.69 Å². The number of rotatable bonds is 2. The second kappa shape index (κ2) is 3.46. The number of aliphatic hydroxyl groups is 1. The average Bonchev–Trinajstić information content (AvgIpc) is 2.40. The van der Waals surface area contributed by atoms with Gasteiger partial charge >= 0.3 is 0 Å². The lowest BCUT2D eigenvalue weighted by Crippen LogP contribution is -2.32. The van der Waals surface area contributed by atoms with Gasteiger partial charge in [-0.05, 0) is 18.2 Å². The lowest BCUT2D eigenvalue weighted by molar-refractivity contribution is 0.0852. The zero-order valence-electron chi connectivity index (χ0n) is 8.25. The molecular formula is C9H10N2O4S. The standard InChI is InChI=1S/C9H10N2O4S/c10-6-1-2-7-8(5-6)16(14,15)11(3-4-12)9(7)13/h1-2,5,12H,3-4,10H2. The molecule has 16 heavy (non-hydrogen) atoms. The predicted molar refractivity (Wildman–Crippen MR) is 56.2 cm³/mol. The average molecular weight is 242 g/mol. The summed E-state index contributed by atoms with van der Waals surface area (Å²) in [6.07, 6.45) is 0. The van der Waals surface area contributed by atoms with E-state index < -0.39 is 22.5 Å². The molecule has 1 aromatic rings. The zero-order valence-corrected chi connectivity index (χ0v) is 9.07. The van der Waals surface area contributed by atoms with Gasteiger partial charge in [0.25, 0.3) is 15.9 Å². The van der Waals surface area contributed by atoms with Crippen LogP contribution in [0.5, 0.6) is 0 Å². The van der Waals surface area contributed by atoms with Gasteiger partial charge in [-0.3, -0.25) is 4.79 Å². The van der Waals surface area contributed by atoms with Crippen LogP contribution in [0.25, 0.3) is 0 Å². The van der Waals surface area contributed by atoms with Crippen LogP contribution in [0.2, 0.25) is 0 Å². The Morgan fingerprint density at radius 2 is 2.06 bits per heavy atom. The summed E-state index contributed by atoms with van der Waals surface area (Å²) in [5, 5.41) is 8.73. The van der Waals surface area contributed by atoms with Crippen molar-refractivity contribution in [3.8, 4) is 0 Å². The van der Waals surface area contributed by atoms with Gasteiger partial charge in [-0.25, -0.2) is 12.7 Å². The van der Waals surface area contributed by atoms with Gasteiger partial charge in [-0.1, -0.05) is 0 Å². The molecule has 2 rings (SSSR count). The molecule has 0 aromatic heterocycles. The molecule has 0 bridgehead atoms. The van der Waals surface area contributed by atoms with Crippen LogP contribution in [0, 0.1) is 0 Å². The third-order valence-electron chi connectivity index (χ3n) is 2.33. The Kier molecular flexibility index (Phi) is 2.36. The maximum Gasteiger partial charge on any atom is 0.269 e. The third kappa shape index (κ3) is 1.36. The Labute approximate surface area is 92.3 Å². The molecule has 86 valence electrons. The van der Waals surface area contributed by atoms with Crippen LogP contribution in [-0.4, -0.2) is 36.9 Å². The molecule has 1 heterocycles. The number of carbonyl (C=O) groups is 1. The van der Waals surface area contributed by atoms with Gasteiger partial charge in [0.15, 0.2) is 0 Å². The number of anilines is 1. The van der Waals surface area contributed by atoms with E-state index in [0.717, 1.165) is 0 Å². The second-order valence-corrected chi connectivity index (χ2v) is 5.19. The van der Waals surface area contributed by atoms with Crippen LogP contribution in [0.15, 0.2) is 23.1 Å². The fourth-order valence-electron chi connectivity index (χ4n) is 1.60. The minimum absolute atomic E-state index is 0.0917. The molecule has 1 aliphatic heterocycles. The SMILES string of the molecule is Nc1ccc2c(c1)S(=O)(=O)N(CCO)C2=O. The first-order valence-corrected chi connectivity index (χ1v) is 6.00. The number of β-amino-alcohol motifs (C(OH)–C–C–N with tert-alkyl or cyclic N) is 1. The first kappa shape index (κ1) is 10.9. The van der Waals surface area contributed by atoms with E-state index in [-0.39, 0.29) is 22.7 Å². The number of nitrogens with two attached hydrogens (primary N) is 1. The normalized spacial score (nSPS) is 17.6. The quantitative estimate of drug-likeness (QED) is 0.675. The van der Waals surface area contributed by atoms with E-state index in [4.69, 9.17) is 10.8 Å². The number of fused-ring (bicyclic) bond motifs is 1. The first-order valence-electron chi connectivity index (χ1n) is 4.56. The van der Waals surface area contributed by atoms with Crippen LogP contribution >= 0.6 is 0 Å². The van der Waals surface area contributed by atoms with Gasteiger partial charge in [0.1, 0.15) is 4.90 Å². The molecule has 1 aromatic carbocycles. The van der Waals surface area contributed by atoms with Gasteiger partial charge in [0.2, 0.25) is 0 Å². The van der Waals surface area contributed by atoms with Crippen molar-refractivity contribution in [3.05, 3.63) is 23.8 Å². The highest BCUT2D eigenvalue weighted by Crippen LogP contribution is 2.31. The minimum Gasteiger partial charge on any atom is -0.399 e. The number of aliphatic hydroxyl groups excluding tert-OH is 1. The number of amides is 1. The smallest absolute Gasteiger partial charge is 0.269 e. The number of benzene rings is 1. The Morgan fingerprint density at radius 1 is 1.38 bits per heavy atom. The molecule has 0 spiro atoms. The fraction of sp³-hybridized carbons (Fsp3) is 0.222. The van der Waals surface area contributed by atoms with Gasteiger partial charge in [-0.15, -0.1) is 0 Å². The van der Waals surface area contributed by atoms with Crippen molar-refractivity contribution < 1.29 is 18.3 Å². The molecule has 1 aliphatic rings. The van der Waals surface area contributed by atoms with Crippen molar-refractivity contribution in [3.63, 3.8) is 0 Å². The van der Waals surface area contributed by atoms with Crippen molar-refractivity contribution >= 4 is 21.6 Å². The van der Waals surface area contributed by atoms with Crippen molar-refractivity contribution in [1.82, 2.24) is 4.31 Å². The second-order valence-electron chi connectivity index (χ2n) is 3.36. The van der Waals surface area contributed by atoms with Crippen molar-refractivity contribution in [2.24, 2.45) is 0 Å². The molecule has 6 nitrogen and oxygen atoms in total. The summed E-state index contributed by atoms with van der Waals surface area (Å²) in [5.41, 5.74) is 5.85. The van der Waals surface area contributed by atoms with E-state index in [2.05, 4.69) is 0 Å². The highest BCUT2D eigenvalue weighted by Gasteiger charge is 2.40. The number of hydrogen-bond donors (Lipinski definition) is 2. The largest absolute Gasteiger partial charge is 0.399 e. The summed E-state index contributed by atoms with van der Waals surface area (Å²) in [4.78, 5) is 11.6. The van der Waals surface area contributed by atoms with Crippen molar-refractivity contribution in [2.45, 2.75) is 4.90 Å². The third-order valence-corrected chi connectivity index (χ3v) is 4.16. The zero-order chi connectivity index (χ0) is 11.9. The lowest BCUT2D eigenvalue weighted by Gasteiger charge is -2.12. The van der Waals surface area contributed by atoms with E-state index in [0.29, 0.717) is 4.31 Å². The summed E-state index contributed by atoms with van der Waals surface area (Å²) in [5.74, 6) is -0.621. The Balaban J connectivity index is 2.63. The molecule has 0 atom stereocenters. The number of hydrogen-bond acceptors (Lipinski definition) is 5. The maximum atomic E-state index is 11.9.